The number of halogens is 1. The largest absolute Gasteiger partial charge is 0.398 e. The zero-order chi connectivity index (χ0) is 15.1. The second kappa shape index (κ2) is 9.30. The summed E-state index contributed by atoms with van der Waals surface area (Å²) in [5, 5.41) is 2.85. The van der Waals surface area contributed by atoms with E-state index in [2.05, 4.69) is 5.32 Å². The van der Waals surface area contributed by atoms with Gasteiger partial charge >= 0.3 is 0 Å². The number of amides is 2. The topological polar surface area (TPSA) is 75.4 Å². The van der Waals surface area contributed by atoms with Crippen LogP contribution in [-0.4, -0.2) is 36.3 Å². The molecule has 0 spiro atoms. The number of hydrogen-bond acceptors (Lipinski definition) is 3. The summed E-state index contributed by atoms with van der Waals surface area (Å²) in [7, 11) is 0. The number of para-hydroxylation sites is 1. The molecule has 1 aliphatic rings. The number of anilines is 1. The van der Waals surface area contributed by atoms with Gasteiger partial charge in [0.25, 0.3) is 5.91 Å². The van der Waals surface area contributed by atoms with Gasteiger partial charge in [0.15, 0.2) is 0 Å². The number of nitrogens with two attached hydrogens (primary N) is 1. The van der Waals surface area contributed by atoms with Crippen LogP contribution in [0.2, 0.25) is 0 Å². The van der Waals surface area contributed by atoms with E-state index in [0.29, 0.717) is 30.8 Å². The van der Waals surface area contributed by atoms with Gasteiger partial charge in [0, 0.05) is 31.7 Å². The van der Waals surface area contributed by atoms with Crippen molar-refractivity contribution in [3.05, 3.63) is 29.8 Å². The molecular weight excluding hydrogens is 302 g/mol. The lowest BCUT2D eigenvalue weighted by atomic mass is 10.1. The third-order valence-corrected chi connectivity index (χ3v) is 3.77. The molecule has 1 aromatic rings. The van der Waals surface area contributed by atoms with Crippen LogP contribution in [0.15, 0.2) is 24.3 Å². The molecule has 3 N–H and O–H groups in total. The second-order valence-electron chi connectivity index (χ2n) is 5.39. The van der Waals surface area contributed by atoms with E-state index in [-0.39, 0.29) is 24.2 Å². The summed E-state index contributed by atoms with van der Waals surface area (Å²) in [6, 6.07) is 7.02. The molecule has 5 nitrogen and oxygen atoms in total. The normalized spacial score (nSPS) is 14.9. The monoisotopic (exact) mass is 325 g/mol. The van der Waals surface area contributed by atoms with E-state index in [1.807, 2.05) is 4.90 Å². The van der Waals surface area contributed by atoms with Crippen LogP contribution in [0.5, 0.6) is 0 Å². The number of rotatable bonds is 5. The summed E-state index contributed by atoms with van der Waals surface area (Å²) in [6.07, 6.45) is 4.64. The first kappa shape index (κ1) is 18.3. The standard InChI is InChI=1S/C16H23N3O2.ClH/c17-14-8-4-3-7-13(14)16(21)18-10-6-12-19-11-5-1-2-9-15(19)20;/h3-4,7-8H,1-2,5-6,9-12,17H2,(H,18,21);1H. The van der Waals surface area contributed by atoms with Gasteiger partial charge in [0.2, 0.25) is 5.91 Å². The minimum absolute atomic E-state index is 0. The summed E-state index contributed by atoms with van der Waals surface area (Å²) in [5.74, 6) is 0.0847. The molecule has 1 aliphatic heterocycles. The molecule has 1 saturated heterocycles. The number of likely N-dealkylation sites (tertiary alicyclic amines) is 1. The Labute approximate surface area is 137 Å². The van der Waals surface area contributed by atoms with Crippen LogP contribution in [0.4, 0.5) is 5.69 Å². The number of benzene rings is 1. The number of carbonyl (C=O) groups is 2. The van der Waals surface area contributed by atoms with Gasteiger partial charge in [0.1, 0.15) is 0 Å². The fourth-order valence-corrected chi connectivity index (χ4v) is 2.55. The lowest BCUT2D eigenvalue weighted by molar-refractivity contribution is -0.130. The van der Waals surface area contributed by atoms with E-state index in [0.717, 1.165) is 32.2 Å². The molecule has 2 amide bonds. The van der Waals surface area contributed by atoms with Crippen molar-refractivity contribution < 1.29 is 9.59 Å². The van der Waals surface area contributed by atoms with Crippen molar-refractivity contribution in [1.29, 1.82) is 0 Å². The van der Waals surface area contributed by atoms with E-state index >= 15 is 0 Å². The van der Waals surface area contributed by atoms with Crippen LogP contribution < -0.4 is 11.1 Å². The second-order valence-corrected chi connectivity index (χ2v) is 5.39. The SMILES string of the molecule is Cl.Nc1ccccc1C(=O)NCCCN1CCCCCC1=O. The van der Waals surface area contributed by atoms with E-state index in [4.69, 9.17) is 5.73 Å². The molecule has 0 aliphatic carbocycles. The number of nitrogens with one attached hydrogen (secondary N) is 1. The highest BCUT2D eigenvalue weighted by atomic mass is 35.5. The van der Waals surface area contributed by atoms with Crippen LogP contribution in [0, 0.1) is 0 Å². The molecule has 0 aromatic heterocycles. The molecule has 6 heteroatoms. The van der Waals surface area contributed by atoms with Gasteiger partial charge in [0.05, 0.1) is 5.56 Å². The molecule has 1 heterocycles. The van der Waals surface area contributed by atoms with Crippen LogP contribution in [-0.2, 0) is 4.79 Å². The molecular formula is C16H24ClN3O2. The van der Waals surface area contributed by atoms with Crippen molar-refractivity contribution in [3.8, 4) is 0 Å². The summed E-state index contributed by atoms with van der Waals surface area (Å²) in [5.41, 5.74) is 6.75. The predicted molar refractivity (Wildman–Crippen MR) is 90.1 cm³/mol. The molecule has 0 atom stereocenters. The average molecular weight is 326 g/mol. The van der Waals surface area contributed by atoms with E-state index in [1.165, 1.54) is 0 Å². The Hall–Kier alpha value is -1.75. The number of nitrogens with zero attached hydrogens (tertiary/aromatic N) is 1. The van der Waals surface area contributed by atoms with Crippen molar-refractivity contribution in [2.45, 2.75) is 32.1 Å². The van der Waals surface area contributed by atoms with Gasteiger partial charge in [-0.2, -0.15) is 0 Å². The Morgan fingerprint density at radius 1 is 1.23 bits per heavy atom. The molecule has 0 radical (unpaired) electrons. The van der Waals surface area contributed by atoms with Crippen LogP contribution in [0.25, 0.3) is 0 Å². The Balaban J connectivity index is 0.00000242. The van der Waals surface area contributed by atoms with Crippen LogP contribution in [0.1, 0.15) is 42.5 Å². The van der Waals surface area contributed by atoms with E-state index in [9.17, 15) is 9.59 Å². The molecule has 0 bridgehead atoms. The molecule has 0 unspecified atom stereocenters. The van der Waals surface area contributed by atoms with E-state index < -0.39 is 0 Å². The Kier molecular flexibility index (Phi) is 7.74. The third-order valence-electron chi connectivity index (χ3n) is 3.77. The highest BCUT2D eigenvalue weighted by Crippen LogP contribution is 2.12. The molecule has 122 valence electrons. The first-order chi connectivity index (χ1) is 10.2. The molecule has 22 heavy (non-hydrogen) atoms. The molecule has 1 fully saturated rings. The van der Waals surface area contributed by atoms with Gasteiger partial charge in [-0.25, -0.2) is 0 Å². The van der Waals surface area contributed by atoms with Gasteiger partial charge in [-0.3, -0.25) is 9.59 Å². The maximum absolute atomic E-state index is 12.0. The van der Waals surface area contributed by atoms with Gasteiger partial charge in [-0.1, -0.05) is 18.6 Å². The van der Waals surface area contributed by atoms with Crippen molar-refractivity contribution >= 4 is 29.9 Å². The summed E-state index contributed by atoms with van der Waals surface area (Å²) >= 11 is 0. The van der Waals surface area contributed by atoms with Gasteiger partial charge < -0.3 is 16.0 Å². The van der Waals surface area contributed by atoms with Crippen molar-refractivity contribution in [2.75, 3.05) is 25.4 Å². The lowest BCUT2D eigenvalue weighted by Gasteiger charge is -2.20. The van der Waals surface area contributed by atoms with Gasteiger partial charge in [-0.15, -0.1) is 12.4 Å². The number of carbonyl (C=O) groups excluding carboxylic acids is 2. The summed E-state index contributed by atoms with van der Waals surface area (Å²) in [4.78, 5) is 25.7. The van der Waals surface area contributed by atoms with Crippen LogP contribution >= 0.6 is 12.4 Å². The highest BCUT2D eigenvalue weighted by Gasteiger charge is 2.16. The first-order valence-electron chi connectivity index (χ1n) is 7.59. The molecule has 0 saturated carbocycles. The minimum atomic E-state index is -0.157. The molecule has 2 rings (SSSR count). The minimum Gasteiger partial charge on any atom is -0.398 e. The van der Waals surface area contributed by atoms with Gasteiger partial charge in [-0.05, 0) is 31.4 Å². The Bertz CT molecular complexity index is 508. The lowest BCUT2D eigenvalue weighted by Crippen LogP contribution is -2.34. The quantitative estimate of drug-likeness (QED) is 0.644. The number of hydrogen-bond donors (Lipinski definition) is 2. The van der Waals surface area contributed by atoms with Crippen molar-refractivity contribution in [1.82, 2.24) is 10.2 Å². The smallest absolute Gasteiger partial charge is 0.253 e. The fourth-order valence-electron chi connectivity index (χ4n) is 2.55. The zero-order valence-electron chi connectivity index (χ0n) is 12.7. The number of nitrogen functional groups attached to an aromatic ring is 1. The zero-order valence-corrected chi connectivity index (χ0v) is 13.5. The van der Waals surface area contributed by atoms with E-state index in [1.54, 1.807) is 24.3 Å². The predicted octanol–water partition coefficient (Wildman–Crippen LogP) is 2.21. The Morgan fingerprint density at radius 3 is 2.77 bits per heavy atom. The average Bonchev–Trinajstić information content (AvgIpc) is 2.68. The highest BCUT2D eigenvalue weighted by molar-refractivity contribution is 5.99. The third kappa shape index (κ3) is 5.22. The van der Waals surface area contributed by atoms with Crippen molar-refractivity contribution in [3.63, 3.8) is 0 Å². The maximum Gasteiger partial charge on any atom is 0.253 e. The maximum atomic E-state index is 12.0. The first-order valence-corrected chi connectivity index (χ1v) is 7.59. The summed E-state index contributed by atoms with van der Waals surface area (Å²) < 4.78 is 0. The van der Waals surface area contributed by atoms with Crippen LogP contribution in [0.3, 0.4) is 0 Å². The molecule has 1 aromatic carbocycles. The Morgan fingerprint density at radius 2 is 2.00 bits per heavy atom. The fraction of sp³-hybridized carbons (Fsp3) is 0.500. The summed E-state index contributed by atoms with van der Waals surface area (Å²) in [6.45, 7) is 2.11. The van der Waals surface area contributed by atoms with Crippen molar-refractivity contribution in [2.24, 2.45) is 0 Å².